The molecule has 162 valence electrons. The van der Waals surface area contributed by atoms with Gasteiger partial charge in [0.25, 0.3) is 5.91 Å². The average Bonchev–Trinajstić information content (AvgIpc) is 2.80. The van der Waals surface area contributed by atoms with E-state index in [9.17, 15) is 4.79 Å². The lowest BCUT2D eigenvalue weighted by molar-refractivity contribution is 0.0719. The van der Waals surface area contributed by atoms with Crippen LogP contribution in [-0.4, -0.2) is 43.1 Å². The van der Waals surface area contributed by atoms with Crippen LogP contribution >= 0.6 is 0 Å². The molecule has 2 heterocycles. The van der Waals surface area contributed by atoms with E-state index < -0.39 is 0 Å². The second kappa shape index (κ2) is 8.84. The Hall–Kier alpha value is -3.28. The Morgan fingerprint density at radius 1 is 0.935 bits per heavy atom. The molecule has 0 unspecified atom stereocenters. The number of aromatic nitrogens is 1. The van der Waals surface area contributed by atoms with E-state index in [4.69, 9.17) is 14.5 Å². The van der Waals surface area contributed by atoms with E-state index in [0.717, 1.165) is 42.7 Å². The lowest BCUT2D eigenvalue weighted by Crippen LogP contribution is -2.36. The number of carbonyl (C=O) groups excluding carboxylic acids is 1. The maximum atomic E-state index is 13.2. The Morgan fingerprint density at radius 3 is 2.32 bits per heavy atom. The number of carbonyl (C=O) groups is 1. The molecule has 1 amide bonds. The Kier molecular flexibility index (Phi) is 5.98. The van der Waals surface area contributed by atoms with Crippen LogP contribution in [0.2, 0.25) is 0 Å². The van der Waals surface area contributed by atoms with Gasteiger partial charge < -0.3 is 19.7 Å². The summed E-state index contributed by atoms with van der Waals surface area (Å²) in [7, 11) is 3.21. The predicted molar refractivity (Wildman–Crippen MR) is 124 cm³/mol. The van der Waals surface area contributed by atoms with E-state index in [1.54, 1.807) is 14.2 Å². The second-order valence-corrected chi connectivity index (χ2v) is 8.06. The van der Waals surface area contributed by atoms with Gasteiger partial charge in [-0.3, -0.25) is 4.79 Å². The molecular formula is C25H29N3O3. The largest absolute Gasteiger partial charge is 0.493 e. The Labute approximate surface area is 183 Å². The number of hydrogen-bond acceptors (Lipinski definition) is 5. The van der Waals surface area contributed by atoms with E-state index in [-0.39, 0.29) is 5.91 Å². The number of amides is 1. The molecule has 1 saturated heterocycles. The van der Waals surface area contributed by atoms with Crippen LogP contribution in [0.3, 0.4) is 0 Å². The minimum absolute atomic E-state index is 0.0282. The Balaban J connectivity index is 1.83. The lowest BCUT2D eigenvalue weighted by Gasteiger charge is -2.26. The predicted octanol–water partition coefficient (Wildman–Crippen LogP) is 5.24. The first-order valence-corrected chi connectivity index (χ1v) is 10.7. The van der Waals surface area contributed by atoms with E-state index in [1.165, 1.54) is 17.5 Å². The molecule has 1 aliphatic rings. The highest BCUT2D eigenvalue weighted by Gasteiger charge is 2.22. The Morgan fingerprint density at radius 2 is 1.65 bits per heavy atom. The molecule has 4 rings (SSSR count). The first-order chi connectivity index (χ1) is 15.0. The first-order valence-electron chi connectivity index (χ1n) is 10.7. The number of nitrogens with one attached hydrogen (secondary N) is 1. The molecule has 31 heavy (non-hydrogen) atoms. The smallest absolute Gasteiger partial charge is 0.272 e. The van der Waals surface area contributed by atoms with Gasteiger partial charge in [0.15, 0.2) is 11.5 Å². The minimum Gasteiger partial charge on any atom is -0.493 e. The van der Waals surface area contributed by atoms with Gasteiger partial charge in [0.1, 0.15) is 5.69 Å². The van der Waals surface area contributed by atoms with Crippen molar-refractivity contribution in [1.29, 1.82) is 0 Å². The molecular weight excluding hydrogens is 390 g/mol. The number of pyridine rings is 1. The summed E-state index contributed by atoms with van der Waals surface area (Å²) >= 11 is 0. The molecule has 1 N–H and O–H groups in total. The second-order valence-electron chi connectivity index (χ2n) is 8.06. The van der Waals surface area contributed by atoms with E-state index in [2.05, 4.69) is 31.3 Å². The van der Waals surface area contributed by atoms with Gasteiger partial charge in [-0.05, 0) is 68.5 Å². The highest BCUT2D eigenvalue weighted by atomic mass is 16.5. The van der Waals surface area contributed by atoms with Crippen molar-refractivity contribution in [2.45, 2.75) is 33.1 Å². The molecule has 0 atom stereocenters. The van der Waals surface area contributed by atoms with Gasteiger partial charge in [0.2, 0.25) is 0 Å². The van der Waals surface area contributed by atoms with Gasteiger partial charge in [-0.2, -0.15) is 0 Å². The van der Waals surface area contributed by atoms with Crippen molar-refractivity contribution < 1.29 is 14.3 Å². The van der Waals surface area contributed by atoms with Crippen molar-refractivity contribution in [2.75, 3.05) is 32.6 Å². The number of likely N-dealkylation sites (tertiary alicyclic amines) is 1. The monoisotopic (exact) mass is 419 g/mol. The third-order valence-corrected chi connectivity index (χ3v) is 5.96. The van der Waals surface area contributed by atoms with E-state index in [0.29, 0.717) is 22.7 Å². The molecule has 0 aliphatic carbocycles. The minimum atomic E-state index is -0.0282. The summed E-state index contributed by atoms with van der Waals surface area (Å²) in [5, 5.41) is 4.36. The van der Waals surface area contributed by atoms with E-state index >= 15 is 0 Å². The van der Waals surface area contributed by atoms with Gasteiger partial charge in [-0.25, -0.2) is 4.98 Å². The first kappa shape index (κ1) is 21.0. The number of aryl methyl sites for hydroxylation is 2. The van der Waals surface area contributed by atoms with Crippen LogP contribution < -0.4 is 14.8 Å². The number of piperidine rings is 1. The molecule has 1 aromatic heterocycles. The summed E-state index contributed by atoms with van der Waals surface area (Å²) in [6.45, 7) is 5.74. The topological polar surface area (TPSA) is 63.7 Å². The summed E-state index contributed by atoms with van der Waals surface area (Å²) in [6.07, 6.45) is 3.25. The van der Waals surface area contributed by atoms with Gasteiger partial charge in [0.05, 0.1) is 25.4 Å². The van der Waals surface area contributed by atoms with Crippen molar-refractivity contribution in [2.24, 2.45) is 0 Å². The standard InChI is InChI=1S/C25H29N3O3/c1-16-8-9-18(12-17(16)2)26-20-14-22(25(29)28-10-6-5-7-11-28)27-21-15-24(31-4)23(30-3)13-19(20)21/h8-9,12-15H,5-7,10-11H2,1-4H3,(H,26,27). The van der Waals surface area contributed by atoms with Gasteiger partial charge in [0, 0.05) is 30.2 Å². The quantitative estimate of drug-likeness (QED) is 0.613. The number of benzene rings is 2. The highest BCUT2D eigenvalue weighted by molar-refractivity contribution is 6.01. The lowest BCUT2D eigenvalue weighted by atomic mass is 10.1. The van der Waals surface area contributed by atoms with Gasteiger partial charge in [-0.1, -0.05) is 6.07 Å². The number of anilines is 2. The molecule has 6 heteroatoms. The van der Waals surface area contributed by atoms with Crippen LogP contribution in [0.15, 0.2) is 36.4 Å². The van der Waals surface area contributed by atoms with Crippen molar-refractivity contribution in [3.63, 3.8) is 0 Å². The zero-order chi connectivity index (χ0) is 22.0. The molecule has 6 nitrogen and oxygen atoms in total. The fourth-order valence-electron chi connectivity index (χ4n) is 4.00. The van der Waals surface area contributed by atoms with Crippen molar-refractivity contribution in [1.82, 2.24) is 9.88 Å². The molecule has 2 aromatic carbocycles. The molecule has 1 fully saturated rings. The van der Waals surface area contributed by atoms with Crippen molar-refractivity contribution in [3.8, 4) is 11.5 Å². The number of rotatable bonds is 5. The van der Waals surface area contributed by atoms with Crippen molar-refractivity contribution >= 4 is 28.2 Å². The summed E-state index contributed by atoms with van der Waals surface area (Å²) < 4.78 is 11.0. The molecule has 0 bridgehead atoms. The Bertz CT molecular complexity index is 1120. The van der Waals surface area contributed by atoms with Gasteiger partial charge >= 0.3 is 0 Å². The maximum absolute atomic E-state index is 13.2. The van der Waals surface area contributed by atoms with Crippen LogP contribution in [-0.2, 0) is 0 Å². The normalized spacial score (nSPS) is 13.9. The van der Waals surface area contributed by atoms with Gasteiger partial charge in [-0.15, -0.1) is 0 Å². The van der Waals surface area contributed by atoms with Crippen LogP contribution in [0, 0.1) is 13.8 Å². The zero-order valence-electron chi connectivity index (χ0n) is 18.6. The summed E-state index contributed by atoms with van der Waals surface area (Å²) in [5.41, 5.74) is 5.33. The average molecular weight is 420 g/mol. The highest BCUT2D eigenvalue weighted by Crippen LogP contribution is 2.36. The molecule has 0 saturated carbocycles. The maximum Gasteiger partial charge on any atom is 0.272 e. The van der Waals surface area contributed by atoms with Crippen LogP contribution in [0.5, 0.6) is 11.5 Å². The number of hydrogen-bond donors (Lipinski definition) is 1. The molecule has 3 aromatic rings. The summed E-state index contributed by atoms with van der Waals surface area (Å²) in [6, 6.07) is 11.8. The number of methoxy groups -OCH3 is 2. The number of ether oxygens (including phenoxy) is 2. The summed E-state index contributed by atoms with van der Waals surface area (Å²) in [5.74, 6) is 1.18. The van der Waals surface area contributed by atoms with Crippen LogP contribution in [0.1, 0.15) is 40.9 Å². The molecule has 1 aliphatic heterocycles. The van der Waals surface area contributed by atoms with E-state index in [1.807, 2.05) is 29.2 Å². The zero-order valence-corrected chi connectivity index (χ0v) is 18.6. The molecule has 0 spiro atoms. The van der Waals surface area contributed by atoms with Crippen LogP contribution in [0.25, 0.3) is 10.9 Å². The summed E-state index contributed by atoms with van der Waals surface area (Å²) in [4.78, 5) is 19.8. The fraction of sp³-hybridized carbons (Fsp3) is 0.360. The number of fused-ring (bicyclic) bond motifs is 1. The van der Waals surface area contributed by atoms with Crippen LogP contribution in [0.4, 0.5) is 11.4 Å². The number of nitrogens with zero attached hydrogens (tertiary/aromatic N) is 2. The molecule has 0 radical (unpaired) electrons. The third-order valence-electron chi connectivity index (χ3n) is 5.96. The third kappa shape index (κ3) is 4.29. The SMILES string of the molecule is COc1cc2nc(C(=O)N3CCCCC3)cc(Nc3ccc(C)c(C)c3)c2cc1OC. The fourth-order valence-corrected chi connectivity index (χ4v) is 4.00. The van der Waals surface area contributed by atoms with Crippen molar-refractivity contribution in [3.05, 3.63) is 53.2 Å².